The van der Waals surface area contributed by atoms with Crippen molar-refractivity contribution in [2.75, 3.05) is 11.4 Å². The Morgan fingerprint density at radius 2 is 2.00 bits per heavy atom. The van der Waals surface area contributed by atoms with E-state index < -0.39 is 0 Å². The van der Waals surface area contributed by atoms with Gasteiger partial charge in [-0.3, -0.25) is 4.79 Å². The number of hydrogen-bond donors (Lipinski definition) is 0. The van der Waals surface area contributed by atoms with Gasteiger partial charge in [0.25, 0.3) is 0 Å². The summed E-state index contributed by atoms with van der Waals surface area (Å²) in [6.45, 7) is 0.765. The zero-order chi connectivity index (χ0) is 13.4. The van der Waals surface area contributed by atoms with E-state index >= 15 is 0 Å². The fraction of sp³-hybridized carbons (Fsp3) is 0.133. The summed E-state index contributed by atoms with van der Waals surface area (Å²) >= 11 is 3.35. The van der Waals surface area contributed by atoms with Crippen LogP contribution in [-0.2, 0) is 6.42 Å². The summed E-state index contributed by atoms with van der Waals surface area (Å²) in [6, 6.07) is 10.4. The molecule has 0 N–H and O–H groups in total. The molecule has 2 nitrogen and oxygen atoms in total. The summed E-state index contributed by atoms with van der Waals surface area (Å²) < 4.78 is 14.3. The van der Waals surface area contributed by atoms with E-state index in [1.54, 1.807) is 6.07 Å². The smallest absolute Gasteiger partial charge is 0.152 e. The molecule has 0 atom stereocenters. The normalized spacial score (nSPS) is 13.5. The molecule has 0 fully saturated rings. The molecule has 0 saturated heterocycles. The van der Waals surface area contributed by atoms with Crippen LogP contribution in [0.15, 0.2) is 40.9 Å². The van der Waals surface area contributed by atoms with Gasteiger partial charge in [0.15, 0.2) is 6.29 Å². The minimum absolute atomic E-state index is 0.254. The van der Waals surface area contributed by atoms with Crippen molar-refractivity contribution in [2.45, 2.75) is 6.42 Å². The van der Waals surface area contributed by atoms with E-state index in [1.165, 1.54) is 12.1 Å². The van der Waals surface area contributed by atoms with Crippen molar-refractivity contribution < 1.29 is 9.18 Å². The highest BCUT2D eigenvalue weighted by Gasteiger charge is 2.22. The van der Waals surface area contributed by atoms with Crippen LogP contribution < -0.4 is 4.90 Å². The van der Waals surface area contributed by atoms with Crippen molar-refractivity contribution in [3.8, 4) is 0 Å². The number of halogens is 2. The average Bonchev–Trinajstić information content (AvgIpc) is 2.81. The van der Waals surface area contributed by atoms with Gasteiger partial charge in [0, 0.05) is 22.3 Å². The summed E-state index contributed by atoms with van der Waals surface area (Å²) in [7, 11) is 0. The lowest BCUT2D eigenvalue weighted by molar-refractivity contribution is 0.112. The number of nitrogens with zero attached hydrogens (tertiary/aromatic N) is 1. The molecule has 0 bridgehead atoms. The third-order valence-corrected chi connectivity index (χ3v) is 3.84. The molecule has 2 aromatic rings. The quantitative estimate of drug-likeness (QED) is 0.777. The van der Waals surface area contributed by atoms with Gasteiger partial charge in [-0.2, -0.15) is 0 Å². The highest BCUT2D eigenvalue weighted by Crippen LogP contribution is 2.37. The first-order chi connectivity index (χ1) is 9.19. The van der Waals surface area contributed by atoms with Gasteiger partial charge < -0.3 is 4.90 Å². The van der Waals surface area contributed by atoms with E-state index in [0.29, 0.717) is 5.56 Å². The van der Waals surface area contributed by atoms with Crippen LogP contribution in [0.1, 0.15) is 15.9 Å². The predicted molar refractivity (Wildman–Crippen MR) is 76.6 cm³/mol. The second-order valence-electron chi connectivity index (χ2n) is 4.50. The Kier molecular flexibility index (Phi) is 3.11. The Morgan fingerprint density at radius 1 is 1.16 bits per heavy atom. The van der Waals surface area contributed by atoms with Crippen molar-refractivity contribution in [2.24, 2.45) is 0 Å². The number of benzene rings is 2. The van der Waals surface area contributed by atoms with Crippen molar-refractivity contribution in [3.05, 3.63) is 57.8 Å². The average molecular weight is 320 g/mol. The fourth-order valence-electron chi connectivity index (χ4n) is 2.47. The predicted octanol–water partition coefficient (Wildman–Crippen LogP) is 4.09. The number of aldehydes is 1. The van der Waals surface area contributed by atoms with Gasteiger partial charge in [0.1, 0.15) is 5.82 Å². The molecular formula is C15H11BrFNO. The van der Waals surface area contributed by atoms with E-state index in [2.05, 4.69) is 15.9 Å². The highest BCUT2D eigenvalue weighted by atomic mass is 79.9. The first-order valence-electron chi connectivity index (χ1n) is 6.00. The molecule has 0 spiro atoms. The molecule has 0 aliphatic carbocycles. The zero-order valence-corrected chi connectivity index (χ0v) is 11.7. The van der Waals surface area contributed by atoms with E-state index in [1.807, 2.05) is 23.1 Å². The lowest BCUT2D eigenvalue weighted by Gasteiger charge is -2.21. The molecule has 2 aromatic carbocycles. The monoisotopic (exact) mass is 319 g/mol. The minimum atomic E-state index is -0.254. The summed E-state index contributed by atoms with van der Waals surface area (Å²) in [6.07, 6.45) is 1.70. The van der Waals surface area contributed by atoms with Crippen LogP contribution in [-0.4, -0.2) is 12.8 Å². The molecule has 96 valence electrons. The first-order valence-corrected chi connectivity index (χ1v) is 6.79. The number of anilines is 2. The van der Waals surface area contributed by atoms with Gasteiger partial charge in [-0.05, 0) is 42.3 Å². The molecule has 0 radical (unpaired) electrons. The number of hydrogen-bond acceptors (Lipinski definition) is 2. The lowest BCUT2D eigenvalue weighted by Crippen LogP contribution is -2.15. The molecule has 0 unspecified atom stereocenters. The highest BCUT2D eigenvalue weighted by molar-refractivity contribution is 9.10. The minimum Gasteiger partial charge on any atom is -0.340 e. The van der Waals surface area contributed by atoms with E-state index in [4.69, 9.17) is 0 Å². The Bertz CT molecular complexity index is 657. The third-order valence-electron chi connectivity index (χ3n) is 3.35. The van der Waals surface area contributed by atoms with E-state index in [-0.39, 0.29) is 5.82 Å². The largest absolute Gasteiger partial charge is 0.340 e. The van der Waals surface area contributed by atoms with Crippen LogP contribution in [0.3, 0.4) is 0 Å². The van der Waals surface area contributed by atoms with Gasteiger partial charge in [0.05, 0.1) is 5.69 Å². The Balaban J connectivity index is 2.11. The fourth-order valence-corrected chi connectivity index (χ4v) is 2.85. The van der Waals surface area contributed by atoms with Crippen LogP contribution in [0.4, 0.5) is 15.8 Å². The zero-order valence-electron chi connectivity index (χ0n) is 10.1. The van der Waals surface area contributed by atoms with Gasteiger partial charge in [-0.15, -0.1) is 0 Å². The number of carbonyl (C=O) groups is 1. The summed E-state index contributed by atoms with van der Waals surface area (Å²) in [5.41, 5.74) is 3.39. The Morgan fingerprint density at radius 3 is 2.79 bits per heavy atom. The number of fused-ring (bicyclic) bond motifs is 1. The molecule has 19 heavy (non-hydrogen) atoms. The molecule has 1 aliphatic heterocycles. The van der Waals surface area contributed by atoms with Crippen molar-refractivity contribution in [1.82, 2.24) is 0 Å². The SMILES string of the molecule is O=Cc1cc(Br)ccc1N1CCc2ccc(F)cc21. The lowest BCUT2D eigenvalue weighted by atomic mass is 10.1. The van der Waals surface area contributed by atoms with E-state index in [0.717, 1.165) is 40.7 Å². The third kappa shape index (κ3) is 2.16. The molecule has 3 rings (SSSR count). The van der Waals surface area contributed by atoms with Gasteiger partial charge >= 0.3 is 0 Å². The topological polar surface area (TPSA) is 20.3 Å². The van der Waals surface area contributed by atoms with Gasteiger partial charge in [-0.1, -0.05) is 22.0 Å². The van der Waals surface area contributed by atoms with Crippen molar-refractivity contribution in [1.29, 1.82) is 0 Å². The van der Waals surface area contributed by atoms with Crippen LogP contribution in [0.5, 0.6) is 0 Å². The number of carbonyl (C=O) groups excluding carboxylic acids is 1. The summed E-state index contributed by atoms with van der Waals surface area (Å²) in [4.78, 5) is 13.2. The van der Waals surface area contributed by atoms with Gasteiger partial charge in [0.2, 0.25) is 0 Å². The molecule has 0 aromatic heterocycles. The van der Waals surface area contributed by atoms with Crippen LogP contribution in [0, 0.1) is 5.82 Å². The van der Waals surface area contributed by atoms with E-state index in [9.17, 15) is 9.18 Å². The maximum Gasteiger partial charge on any atom is 0.152 e. The Hall–Kier alpha value is -1.68. The second-order valence-corrected chi connectivity index (χ2v) is 5.41. The van der Waals surface area contributed by atoms with Gasteiger partial charge in [-0.25, -0.2) is 4.39 Å². The summed E-state index contributed by atoms with van der Waals surface area (Å²) in [5.74, 6) is -0.254. The van der Waals surface area contributed by atoms with Crippen LogP contribution >= 0.6 is 15.9 Å². The molecular weight excluding hydrogens is 309 g/mol. The Labute approximate surface area is 119 Å². The van der Waals surface area contributed by atoms with Crippen molar-refractivity contribution >= 4 is 33.6 Å². The number of rotatable bonds is 2. The second kappa shape index (κ2) is 4.78. The summed E-state index contributed by atoms with van der Waals surface area (Å²) in [5, 5.41) is 0. The molecule has 0 amide bonds. The molecule has 4 heteroatoms. The molecule has 1 heterocycles. The maximum atomic E-state index is 13.4. The molecule has 0 saturated carbocycles. The van der Waals surface area contributed by atoms with Crippen LogP contribution in [0.2, 0.25) is 0 Å². The molecule has 1 aliphatic rings. The standard InChI is InChI=1S/C15H11BrFNO/c16-12-2-4-14(11(7-12)9-19)18-6-5-10-1-3-13(17)8-15(10)18/h1-4,7-9H,5-6H2. The van der Waals surface area contributed by atoms with Crippen LogP contribution in [0.25, 0.3) is 0 Å². The van der Waals surface area contributed by atoms with Crippen molar-refractivity contribution in [3.63, 3.8) is 0 Å². The first kappa shape index (κ1) is 12.4. The maximum absolute atomic E-state index is 13.4.